The van der Waals surface area contributed by atoms with Crippen molar-refractivity contribution in [3.63, 3.8) is 0 Å². The highest BCUT2D eigenvalue weighted by atomic mass is 32.2. The Labute approximate surface area is 120 Å². The number of carbonyl (C=O) groups is 1. The minimum absolute atomic E-state index is 0.0853. The molecule has 0 aliphatic heterocycles. The zero-order valence-electron chi connectivity index (χ0n) is 11.9. The zero-order valence-corrected chi connectivity index (χ0v) is 12.8. The van der Waals surface area contributed by atoms with Crippen LogP contribution in [-0.4, -0.2) is 20.7 Å². The van der Waals surface area contributed by atoms with Crippen LogP contribution in [-0.2, 0) is 20.2 Å². The van der Waals surface area contributed by atoms with E-state index in [0.717, 1.165) is 17.2 Å². The lowest BCUT2D eigenvalue weighted by Gasteiger charge is -2.19. The number of rotatable bonds is 5. The summed E-state index contributed by atoms with van der Waals surface area (Å²) in [5.41, 5.74) is 2.50. The van der Waals surface area contributed by atoms with Crippen LogP contribution in [0.3, 0.4) is 0 Å². The van der Waals surface area contributed by atoms with E-state index in [4.69, 9.17) is 9.47 Å². The van der Waals surface area contributed by atoms with Crippen LogP contribution < -0.4 is 4.74 Å². The fourth-order valence-electron chi connectivity index (χ4n) is 1.72. The van der Waals surface area contributed by atoms with E-state index < -0.39 is 23.0 Å². The molecule has 0 aliphatic carbocycles. The summed E-state index contributed by atoms with van der Waals surface area (Å²) >= 11 is 0. The minimum Gasteiger partial charge on any atom is -0.453 e. The summed E-state index contributed by atoms with van der Waals surface area (Å²) in [6.07, 6.45) is 0.109. The first-order valence-corrected chi connectivity index (χ1v) is 7.20. The number of carbonyl (C=O) groups excluding carboxylic acids is 1. The van der Waals surface area contributed by atoms with Crippen LogP contribution in [0.2, 0.25) is 0 Å². The normalized spacial score (nSPS) is 12.1. The van der Waals surface area contributed by atoms with Gasteiger partial charge in [-0.15, -0.1) is 0 Å². The van der Waals surface area contributed by atoms with E-state index in [-0.39, 0.29) is 10.6 Å². The van der Waals surface area contributed by atoms with Crippen LogP contribution in [0.25, 0.3) is 0 Å². The van der Waals surface area contributed by atoms with Gasteiger partial charge in [0.1, 0.15) is 10.6 Å². The molecular weight excluding hydrogens is 280 g/mol. The van der Waals surface area contributed by atoms with Crippen LogP contribution >= 0.6 is 0 Å². The maximum absolute atomic E-state index is 11.3. The predicted octanol–water partition coefficient (Wildman–Crippen LogP) is 2.04. The summed E-state index contributed by atoms with van der Waals surface area (Å²) in [5.74, 6) is -0.416. The molecule has 1 rings (SSSR count). The third kappa shape index (κ3) is 3.60. The molecule has 110 valence electrons. The molecule has 0 radical (unpaired) electrons. The molecule has 0 spiro atoms. The van der Waals surface area contributed by atoms with Crippen LogP contribution in [0.4, 0.5) is 0 Å². The molecule has 6 heteroatoms. The van der Waals surface area contributed by atoms with E-state index in [0.29, 0.717) is 5.56 Å². The topological polar surface area (TPSA) is 69.7 Å². The Kier molecular flexibility index (Phi) is 5.33. The number of hydrogen-bond acceptors (Lipinski definition) is 5. The highest BCUT2D eigenvalue weighted by Crippen LogP contribution is 2.31. The molecule has 0 amide bonds. The molecule has 20 heavy (non-hydrogen) atoms. The van der Waals surface area contributed by atoms with Crippen molar-refractivity contribution in [3.05, 3.63) is 35.4 Å². The van der Waals surface area contributed by atoms with Gasteiger partial charge >= 0.3 is 5.97 Å². The first-order valence-electron chi connectivity index (χ1n) is 6.02. The van der Waals surface area contributed by atoms with Crippen molar-refractivity contribution in [2.24, 2.45) is 0 Å². The van der Waals surface area contributed by atoms with Gasteiger partial charge in [0.2, 0.25) is 6.29 Å². The second-order valence-corrected chi connectivity index (χ2v) is 5.37. The summed E-state index contributed by atoms with van der Waals surface area (Å²) in [4.78, 5) is 11.2. The van der Waals surface area contributed by atoms with E-state index >= 15 is 0 Å². The Bertz CT molecular complexity index is 608. The third-order valence-electron chi connectivity index (χ3n) is 3.01. The Morgan fingerprint density at radius 2 is 1.90 bits per heavy atom. The molecule has 0 aliphatic rings. The summed E-state index contributed by atoms with van der Waals surface area (Å²) < 4.78 is 33.0. The molecule has 1 aromatic carbocycles. The highest BCUT2D eigenvalue weighted by molar-refractivity contribution is 7.72. The van der Waals surface area contributed by atoms with E-state index in [1.165, 1.54) is 6.92 Å². The van der Waals surface area contributed by atoms with Gasteiger partial charge in [0.15, 0.2) is 10.7 Å². The number of hydrogen-bond donors (Lipinski definition) is 1. The molecule has 0 heterocycles. The number of aryl methyl sites for hydroxylation is 1. The first-order chi connectivity index (χ1) is 9.27. The largest absolute Gasteiger partial charge is 0.453 e. The maximum Gasteiger partial charge on any atom is 0.333 e. The van der Waals surface area contributed by atoms with Gasteiger partial charge in [0.05, 0.1) is 0 Å². The van der Waals surface area contributed by atoms with Gasteiger partial charge in [-0.1, -0.05) is 6.58 Å². The van der Waals surface area contributed by atoms with E-state index in [1.54, 1.807) is 13.0 Å². The molecule has 1 unspecified atom stereocenters. The molecule has 0 aromatic heterocycles. The van der Waals surface area contributed by atoms with Crippen molar-refractivity contribution < 1.29 is 22.7 Å². The van der Waals surface area contributed by atoms with Crippen molar-refractivity contribution in [1.82, 2.24) is 0 Å². The zero-order chi connectivity index (χ0) is 15.4. The van der Waals surface area contributed by atoms with Crippen molar-refractivity contribution in [2.45, 2.75) is 38.9 Å². The maximum atomic E-state index is 11.3. The van der Waals surface area contributed by atoms with E-state index in [2.05, 4.69) is 6.58 Å². The Balaban J connectivity index is 3.19. The lowest BCUT2D eigenvalue weighted by atomic mass is 10.0. The number of thiol groups is 1. The number of esters is 1. The fraction of sp³-hybridized carbons (Fsp3) is 0.357. The molecule has 5 nitrogen and oxygen atoms in total. The van der Waals surface area contributed by atoms with Crippen molar-refractivity contribution in [2.75, 3.05) is 0 Å². The molecular formula is C14H18O5S. The first kappa shape index (κ1) is 16.2. The predicted molar refractivity (Wildman–Crippen MR) is 75.6 cm³/mol. The quantitative estimate of drug-likeness (QED) is 0.390. The van der Waals surface area contributed by atoms with Gasteiger partial charge in [0.25, 0.3) is 0 Å². The van der Waals surface area contributed by atoms with Gasteiger partial charge in [-0.3, -0.25) is 0 Å². The second-order valence-electron chi connectivity index (χ2n) is 4.38. The Morgan fingerprint density at radius 1 is 1.30 bits per heavy atom. The minimum atomic E-state index is -2.80. The lowest BCUT2D eigenvalue weighted by molar-refractivity contribution is -0.155. The summed E-state index contributed by atoms with van der Waals surface area (Å²) in [7, 11) is -2.80. The van der Waals surface area contributed by atoms with Crippen LogP contribution in [0.15, 0.2) is 23.6 Å². The summed E-state index contributed by atoms with van der Waals surface area (Å²) in [5, 5.41) is 0. The fourth-order valence-corrected chi connectivity index (χ4v) is 2.41. The molecule has 1 atom stereocenters. The lowest BCUT2D eigenvalue weighted by Crippen LogP contribution is -2.20. The van der Waals surface area contributed by atoms with Crippen molar-refractivity contribution in [1.29, 1.82) is 0 Å². The third-order valence-corrected chi connectivity index (χ3v) is 3.74. The van der Waals surface area contributed by atoms with Gasteiger partial charge in [0, 0.05) is 13.0 Å². The Morgan fingerprint density at radius 3 is 2.40 bits per heavy atom. The van der Waals surface area contributed by atoms with E-state index in [9.17, 15) is 13.2 Å². The van der Waals surface area contributed by atoms with Crippen LogP contribution in [0.1, 0.15) is 23.6 Å². The smallest absolute Gasteiger partial charge is 0.333 e. The number of ether oxygens (including phenoxy) is 2. The van der Waals surface area contributed by atoms with Crippen LogP contribution in [0.5, 0.6) is 5.75 Å². The molecule has 0 N–H and O–H groups in total. The highest BCUT2D eigenvalue weighted by Gasteiger charge is 2.18. The molecule has 1 aromatic rings. The van der Waals surface area contributed by atoms with Gasteiger partial charge in [-0.2, -0.15) is 0 Å². The molecule has 0 bridgehead atoms. The van der Waals surface area contributed by atoms with Gasteiger partial charge in [-0.25, -0.2) is 13.2 Å². The summed E-state index contributed by atoms with van der Waals surface area (Å²) in [6.45, 7) is 10.3. The SMILES string of the molecule is C=CC(=O)OC(C)Oc1c([SH](=O)=O)cc(C)c(C)c1C. The van der Waals surface area contributed by atoms with Crippen molar-refractivity contribution >= 4 is 16.7 Å². The van der Waals surface area contributed by atoms with Gasteiger partial charge < -0.3 is 9.47 Å². The molecule has 0 saturated heterocycles. The molecule has 0 saturated carbocycles. The average Bonchev–Trinajstić information content (AvgIpc) is 2.38. The standard InChI is InChI=1S/C14H18O5S/c1-6-13(15)18-11(5)19-14-10(4)9(3)8(2)7-12(14)20(16)17/h6-7,11,20H,1H2,2-5H3. The van der Waals surface area contributed by atoms with Crippen molar-refractivity contribution in [3.8, 4) is 5.75 Å². The summed E-state index contributed by atoms with van der Waals surface area (Å²) in [6, 6.07) is 1.55. The second kappa shape index (κ2) is 6.56. The Hall–Kier alpha value is -1.82. The van der Waals surface area contributed by atoms with Gasteiger partial charge in [-0.05, 0) is 43.5 Å². The van der Waals surface area contributed by atoms with E-state index in [1.807, 2.05) is 13.8 Å². The molecule has 0 fully saturated rings. The average molecular weight is 298 g/mol. The number of benzene rings is 1. The van der Waals surface area contributed by atoms with Crippen LogP contribution in [0, 0.1) is 20.8 Å². The monoisotopic (exact) mass is 298 g/mol.